The Bertz CT molecular complexity index is 240. The molecule has 0 aromatic rings. The molecule has 0 nitrogen and oxygen atoms in total. The van der Waals surface area contributed by atoms with Crippen molar-refractivity contribution in [2.24, 2.45) is 5.41 Å². The highest BCUT2D eigenvalue weighted by atomic mass is 79.9. The smallest absolute Gasteiger partial charge is 0.0590 e. The Kier molecular flexibility index (Phi) is 4.26. The second-order valence-electron chi connectivity index (χ2n) is 4.42. The van der Waals surface area contributed by atoms with E-state index < -0.39 is 0 Å². The molecule has 1 aliphatic carbocycles. The summed E-state index contributed by atoms with van der Waals surface area (Å²) >= 11 is 21.9. The molecule has 0 saturated heterocycles. The third-order valence-electron chi connectivity index (χ3n) is 2.95. The van der Waals surface area contributed by atoms with E-state index in [1.165, 1.54) is 0 Å². The minimum atomic E-state index is -0.350. The van der Waals surface area contributed by atoms with Gasteiger partial charge in [0.25, 0.3) is 0 Å². The second-order valence-corrected chi connectivity index (χ2v) is 7.17. The van der Waals surface area contributed by atoms with Gasteiger partial charge in [-0.3, -0.25) is 0 Å². The summed E-state index contributed by atoms with van der Waals surface area (Å²) in [6, 6.07) is 0. The highest BCUT2D eigenvalue weighted by Crippen LogP contribution is 2.50. The van der Waals surface area contributed by atoms with E-state index in [-0.39, 0.29) is 15.7 Å². The van der Waals surface area contributed by atoms with Gasteiger partial charge in [-0.2, -0.15) is 0 Å². The summed E-state index contributed by atoms with van der Waals surface area (Å²) in [6.07, 6.45) is 3.69. The summed E-state index contributed by atoms with van der Waals surface area (Å²) in [5.74, 6) is 0. The van der Waals surface area contributed by atoms with Crippen LogP contribution in [-0.2, 0) is 0 Å². The molecule has 14 heavy (non-hydrogen) atoms. The Balaban J connectivity index is 2.89. The third-order valence-corrected chi connectivity index (χ3v) is 5.67. The Labute approximate surface area is 109 Å². The molecular weight excluding hydrogens is 306 g/mol. The van der Waals surface area contributed by atoms with Crippen LogP contribution in [0.5, 0.6) is 0 Å². The lowest BCUT2D eigenvalue weighted by Gasteiger charge is -2.46. The van der Waals surface area contributed by atoms with E-state index in [1.807, 2.05) is 13.0 Å². The van der Waals surface area contributed by atoms with Gasteiger partial charge < -0.3 is 0 Å². The van der Waals surface area contributed by atoms with Crippen molar-refractivity contribution in [1.29, 1.82) is 0 Å². The molecule has 4 atom stereocenters. The number of alkyl halides is 3. The molecule has 0 unspecified atom stereocenters. The van der Waals surface area contributed by atoms with Gasteiger partial charge in [0, 0.05) is 15.8 Å². The van der Waals surface area contributed by atoms with Crippen LogP contribution in [0.2, 0.25) is 0 Å². The molecule has 82 valence electrons. The van der Waals surface area contributed by atoms with Crippen LogP contribution in [0.3, 0.4) is 0 Å². The first-order valence-corrected chi connectivity index (χ1v) is 6.73. The van der Waals surface area contributed by atoms with E-state index in [2.05, 4.69) is 22.9 Å². The van der Waals surface area contributed by atoms with E-state index >= 15 is 0 Å². The molecule has 1 fully saturated rings. The highest BCUT2D eigenvalue weighted by molar-refractivity contribution is 9.09. The highest BCUT2D eigenvalue weighted by Gasteiger charge is 2.47. The Morgan fingerprint density at radius 2 is 2.00 bits per heavy atom. The summed E-state index contributed by atoms with van der Waals surface area (Å²) in [4.78, 5) is -0.0175. The minimum Gasteiger partial charge on any atom is -0.121 e. The summed E-state index contributed by atoms with van der Waals surface area (Å²) < 4.78 is 0. The largest absolute Gasteiger partial charge is 0.121 e. The van der Waals surface area contributed by atoms with Crippen molar-refractivity contribution in [3.8, 4) is 0 Å². The molecule has 0 radical (unpaired) electrons. The maximum Gasteiger partial charge on any atom is 0.0590 e. The lowest BCUT2D eigenvalue weighted by atomic mass is 9.71. The number of hydrogen-bond donors (Lipinski definition) is 0. The molecule has 0 amide bonds. The molecule has 4 heteroatoms. The van der Waals surface area contributed by atoms with Gasteiger partial charge in [0.1, 0.15) is 0 Å². The predicted molar refractivity (Wildman–Crippen MR) is 68.9 cm³/mol. The van der Waals surface area contributed by atoms with E-state index in [1.54, 1.807) is 5.54 Å². The molecule has 0 heterocycles. The van der Waals surface area contributed by atoms with Crippen LogP contribution in [-0.4, -0.2) is 15.1 Å². The van der Waals surface area contributed by atoms with Crippen molar-refractivity contribution in [2.75, 3.05) is 0 Å². The lowest BCUT2D eigenvalue weighted by Crippen LogP contribution is -2.46. The fraction of sp³-hybridized carbons (Fsp3) is 0.800. The first-order valence-electron chi connectivity index (χ1n) is 4.57. The first-order chi connectivity index (χ1) is 6.32. The van der Waals surface area contributed by atoms with E-state index in [9.17, 15) is 0 Å². The number of allylic oxidation sites excluding steroid dienone is 1. The summed E-state index contributed by atoms with van der Waals surface area (Å²) in [5, 5.41) is 0.00495. The molecule has 0 aromatic carbocycles. The normalized spacial score (nSPS) is 49.9. The molecule has 0 spiro atoms. The van der Waals surface area contributed by atoms with Crippen molar-refractivity contribution >= 4 is 50.7 Å². The van der Waals surface area contributed by atoms with Crippen LogP contribution < -0.4 is 0 Å². The van der Waals surface area contributed by atoms with Gasteiger partial charge in [0.2, 0.25) is 0 Å². The molecule has 1 aliphatic rings. The van der Waals surface area contributed by atoms with Crippen LogP contribution in [0.15, 0.2) is 11.6 Å². The number of halogens is 4. The molecule has 0 aromatic heterocycles. The van der Waals surface area contributed by atoms with Gasteiger partial charge in [0.15, 0.2) is 0 Å². The second kappa shape index (κ2) is 4.53. The molecule has 0 aliphatic heterocycles. The van der Waals surface area contributed by atoms with Crippen LogP contribution >= 0.6 is 50.7 Å². The van der Waals surface area contributed by atoms with Gasteiger partial charge in [-0.1, -0.05) is 40.5 Å². The Morgan fingerprint density at radius 3 is 2.50 bits per heavy atom. The van der Waals surface area contributed by atoms with E-state index in [0.717, 1.165) is 12.8 Å². The molecular formula is C10H14BrCl3. The van der Waals surface area contributed by atoms with Gasteiger partial charge in [-0.05, 0) is 19.8 Å². The lowest BCUT2D eigenvalue weighted by molar-refractivity contribution is 0.260. The molecule has 1 rings (SSSR count). The standard InChI is InChI=1S/C10H14BrCl3/c1-9(3-4-12)6-10(2,14)8(13)5-7(9)11/h3-4,7-8H,5-6H2,1-2H3/b4-3+/t7-,8+,9+,10+/m0/s1. The van der Waals surface area contributed by atoms with Crippen molar-refractivity contribution < 1.29 is 0 Å². The Hall–Kier alpha value is 1.09. The van der Waals surface area contributed by atoms with Crippen LogP contribution in [0.25, 0.3) is 0 Å². The molecule has 0 N–H and O–H groups in total. The van der Waals surface area contributed by atoms with Crippen LogP contribution in [0.4, 0.5) is 0 Å². The van der Waals surface area contributed by atoms with Crippen LogP contribution in [0.1, 0.15) is 26.7 Å². The molecule has 0 bridgehead atoms. The zero-order chi connectivity index (χ0) is 11.0. The monoisotopic (exact) mass is 318 g/mol. The average molecular weight is 320 g/mol. The van der Waals surface area contributed by atoms with E-state index in [4.69, 9.17) is 34.8 Å². The fourth-order valence-corrected chi connectivity index (χ4v) is 3.79. The summed E-state index contributed by atoms with van der Waals surface area (Å²) in [6.45, 7) is 4.14. The predicted octanol–water partition coefficient (Wildman–Crippen LogP) is 4.91. The first kappa shape index (κ1) is 13.2. The maximum atomic E-state index is 6.38. The third kappa shape index (κ3) is 2.61. The van der Waals surface area contributed by atoms with Gasteiger partial charge >= 0.3 is 0 Å². The summed E-state index contributed by atoms with van der Waals surface area (Å²) in [7, 11) is 0. The Morgan fingerprint density at radius 1 is 1.43 bits per heavy atom. The van der Waals surface area contributed by atoms with Gasteiger partial charge in [-0.25, -0.2) is 0 Å². The fourth-order valence-electron chi connectivity index (χ4n) is 1.97. The SMILES string of the molecule is C[C@@]1(Cl)C[C@@](C)(/C=C/Cl)[C@@H](Br)C[C@H]1Cl. The minimum absolute atomic E-state index is 0.00495. The zero-order valence-electron chi connectivity index (χ0n) is 8.24. The van der Waals surface area contributed by atoms with Crippen molar-refractivity contribution in [3.05, 3.63) is 11.6 Å². The van der Waals surface area contributed by atoms with Crippen molar-refractivity contribution in [3.63, 3.8) is 0 Å². The van der Waals surface area contributed by atoms with Gasteiger partial charge in [0.05, 0.1) is 10.3 Å². The number of hydrogen-bond acceptors (Lipinski definition) is 0. The summed E-state index contributed by atoms with van der Waals surface area (Å²) in [5.41, 5.74) is 1.55. The maximum absolute atomic E-state index is 6.38. The van der Waals surface area contributed by atoms with Crippen LogP contribution in [0, 0.1) is 5.41 Å². The van der Waals surface area contributed by atoms with Crippen molar-refractivity contribution in [1.82, 2.24) is 0 Å². The zero-order valence-corrected chi connectivity index (χ0v) is 12.1. The number of rotatable bonds is 1. The molecule has 1 saturated carbocycles. The topological polar surface area (TPSA) is 0 Å². The quantitative estimate of drug-likeness (QED) is 0.602. The van der Waals surface area contributed by atoms with E-state index in [0.29, 0.717) is 4.83 Å². The van der Waals surface area contributed by atoms with Crippen molar-refractivity contribution in [2.45, 2.75) is 41.8 Å². The van der Waals surface area contributed by atoms with Gasteiger partial charge in [-0.15, -0.1) is 23.2 Å². The average Bonchev–Trinajstić information content (AvgIpc) is 2.01.